The summed E-state index contributed by atoms with van der Waals surface area (Å²) in [5, 5.41) is 6.71. The number of hydrogen-bond acceptors (Lipinski definition) is 4. The van der Waals surface area contributed by atoms with E-state index < -0.39 is 0 Å². The number of anilines is 1. The zero-order valence-electron chi connectivity index (χ0n) is 13.6. The molecule has 0 saturated heterocycles. The van der Waals surface area contributed by atoms with E-state index in [2.05, 4.69) is 15.8 Å². The van der Waals surface area contributed by atoms with Gasteiger partial charge in [-0.2, -0.15) is 5.10 Å². The maximum atomic E-state index is 12.0. The van der Waals surface area contributed by atoms with Gasteiger partial charge < -0.3 is 10.1 Å². The van der Waals surface area contributed by atoms with E-state index in [-0.39, 0.29) is 18.2 Å². The molecule has 0 aromatic heterocycles. The van der Waals surface area contributed by atoms with Crippen LogP contribution in [0, 0.1) is 0 Å². The molecule has 6 heteroatoms. The highest BCUT2D eigenvalue weighted by molar-refractivity contribution is 6.06. The number of carbonyl (C=O) groups excluding carboxylic acids is 2. The van der Waals surface area contributed by atoms with Crippen LogP contribution in [0.2, 0.25) is 0 Å². The summed E-state index contributed by atoms with van der Waals surface area (Å²) in [5.74, 6) is 0.0281. The Morgan fingerprint density at radius 1 is 1.08 bits per heavy atom. The van der Waals surface area contributed by atoms with Crippen molar-refractivity contribution in [3.8, 4) is 5.75 Å². The Morgan fingerprint density at radius 3 is 2.54 bits per heavy atom. The smallest absolute Gasteiger partial charge is 0.271 e. The fourth-order valence-electron chi connectivity index (χ4n) is 1.97. The van der Waals surface area contributed by atoms with Gasteiger partial charge in [0.15, 0.2) is 0 Å². The number of methoxy groups -OCH3 is 1. The maximum Gasteiger partial charge on any atom is 0.271 e. The molecule has 124 valence electrons. The predicted octanol–water partition coefficient (Wildman–Crippen LogP) is 2.83. The van der Waals surface area contributed by atoms with Crippen LogP contribution in [0.15, 0.2) is 59.7 Å². The molecular formula is C18H19N3O3. The third-order valence-corrected chi connectivity index (χ3v) is 3.15. The molecule has 0 aliphatic rings. The van der Waals surface area contributed by atoms with Gasteiger partial charge in [-0.1, -0.05) is 24.3 Å². The summed E-state index contributed by atoms with van der Waals surface area (Å²) in [6.45, 7) is 1.68. The van der Waals surface area contributed by atoms with Crippen LogP contribution in [0.25, 0.3) is 0 Å². The molecule has 0 radical (unpaired) electrons. The van der Waals surface area contributed by atoms with E-state index in [1.165, 1.54) is 7.11 Å². The lowest BCUT2D eigenvalue weighted by Crippen LogP contribution is -2.21. The van der Waals surface area contributed by atoms with E-state index >= 15 is 0 Å². The minimum absolute atomic E-state index is 0.0906. The zero-order chi connectivity index (χ0) is 17.4. The molecule has 2 aromatic carbocycles. The maximum absolute atomic E-state index is 12.0. The van der Waals surface area contributed by atoms with Gasteiger partial charge in [0, 0.05) is 17.0 Å². The molecule has 0 aliphatic carbocycles. The van der Waals surface area contributed by atoms with Gasteiger partial charge in [-0.3, -0.25) is 9.59 Å². The van der Waals surface area contributed by atoms with Crippen LogP contribution in [0.5, 0.6) is 5.75 Å². The van der Waals surface area contributed by atoms with Gasteiger partial charge in [0.1, 0.15) is 5.75 Å². The number of amides is 2. The van der Waals surface area contributed by atoms with Crippen LogP contribution in [0.3, 0.4) is 0 Å². The van der Waals surface area contributed by atoms with Crippen LogP contribution < -0.4 is 15.5 Å². The molecule has 2 N–H and O–H groups in total. The van der Waals surface area contributed by atoms with Gasteiger partial charge in [0.25, 0.3) is 5.91 Å². The van der Waals surface area contributed by atoms with E-state index in [4.69, 9.17) is 4.74 Å². The summed E-state index contributed by atoms with van der Waals surface area (Å²) in [4.78, 5) is 23.9. The molecule has 24 heavy (non-hydrogen) atoms. The summed E-state index contributed by atoms with van der Waals surface area (Å²) in [7, 11) is 1.53. The van der Waals surface area contributed by atoms with Crippen molar-refractivity contribution >= 4 is 23.2 Å². The Bertz CT molecular complexity index is 742. The molecule has 0 atom stereocenters. The fourth-order valence-corrected chi connectivity index (χ4v) is 1.97. The number of nitrogens with one attached hydrogen (secondary N) is 2. The second-order valence-electron chi connectivity index (χ2n) is 5.11. The van der Waals surface area contributed by atoms with E-state index in [1.807, 2.05) is 18.2 Å². The van der Waals surface area contributed by atoms with Crippen LogP contribution >= 0.6 is 0 Å². The highest BCUT2D eigenvalue weighted by Gasteiger charge is 2.07. The zero-order valence-corrected chi connectivity index (χ0v) is 13.6. The summed E-state index contributed by atoms with van der Waals surface area (Å²) < 4.78 is 5.07. The van der Waals surface area contributed by atoms with E-state index in [9.17, 15) is 9.59 Å². The number of para-hydroxylation sites is 1. The molecule has 2 amide bonds. The van der Waals surface area contributed by atoms with Crippen LogP contribution in [-0.2, 0) is 4.79 Å². The largest absolute Gasteiger partial charge is 0.497 e. The Kier molecular flexibility index (Phi) is 6.08. The predicted molar refractivity (Wildman–Crippen MR) is 93.3 cm³/mol. The van der Waals surface area contributed by atoms with Gasteiger partial charge in [-0.15, -0.1) is 0 Å². The van der Waals surface area contributed by atoms with Crippen molar-refractivity contribution in [2.24, 2.45) is 5.10 Å². The van der Waals surface area contributed by atoms with Gasteiger partial charge >= 0.3 is 0 Å². The van der Waals surface area contributed by atoms with E-state index in [0.717, 1.165) is 5.69 Å². The summed E-state index contributed by atoms with van der Waals surface area (Å²) >= 11 is 0. The SMILES string of the molecule is COc1cccc(C(=O)NN=C(C)CC(=O)Nc2ccccc2)c1. The van der Waals surface area contributed by atoms with Crippen molar-refractivity contribution in [2.45, 2.75) is 13.3 Å². The van der Waals surface area contributed by atoms with Crippen molar-refractivity contribution in [2.75, 3.05) is 12.4 Å². The third kappa shape index (κ3) is 5.24. The van der Waals surface area contributed by atoms with Crippen molar-refractivity contribution in [1.82, 2.24) is 5.43 Å². The fraction of sp³-hybridized carbons (Fsp3) is 0.167. The van der Waals surface area contributed by atoms with E-state index in [1.54, 1.807) is 43.3 Å². The number of hydrogen-bond donors (Lipinski definition) is 2. The molecule has 2 aromatic rings. The van der Waals surface area contributed by atoms with Crippen LogP contribution in [0.4, 0.5) is 5.69 Å². The molecule has 2 rings (SSSR count). The molecule has 0 spiro atoms. The topological polar surface area (TPSA) is 79.8 Å². The minimum Gasteiger partial charge on any atom is -0.497 e. The first-order valence-electron chi connectivity index (χ1n) is 7.41. The summed E-state index contributed by atoms with van der Waals surface area (Å²) in [5.41, 5.74) is 4.08. The lowest BCUT2D eigenvalue weighted by molar-refractivity contribution is -0.115. The van der Waals surface area contributed by atoms with Crippen molar-refractivity contribution in [3.05, 3.63) is 60.2 Å². The van der Waals surface area contributed by atoms with Gasteiger partial charge in [0.2, 0.25) is 5.91 Å². The molecule has 0 unspecified atom stereocenters. The molecule has 0 bridgehead atoms. The highest BCUT2D eigenvalue weighted by atomic mass is 16.5. The third-order valence-electron chi connectivity index (χ3n) is 3.15. The molecule has 0 heterocycles. The molecule has 0 aliphatic heterocycles. The van der Waals surface area contributed by atoms with Crippen molar-refractivity contribution in [1.29, 1.82) is 0 Å². The standard InChI is InChI=1S/C18H19N3O3/c1-13(11-17(22)19-15-8-4-3-5-9-15)20-21-18(23)14-7-6-10-16(12-14)24-2/h3-10,12H,11H2,1-2H3,(H,19,22)(H,21,23). The number of ether oxygens (including phenoxy) is 1. The van der Waals surface area contributed by atoms with Gasteiger partial charge in [-0.05, 0) is 37.3 Å². The number of nitrogens with zero attached hydrogens (tertiary/aromatic N) is 1. The highest BCUT2D eigenvalue weighted by Crippen LogP contribution is 2.12. The molecule has 0 fully saturated rings. The molecular weight excluding hydrogens is 306 g/mol. The Balaban J connectivity index is 1.88. The Morgan fingerprint density at radius 2 is 1.83 bits per heavy atom. The monoisotopic (exact) mass is 325 g/mol. The number of rotatable bonds is 6. The summed E-state index contributed by atoms with van der Waals surface area (Å²) in [6.07, 6.45) is 0.0906. The number of carbonyl (C=O) groups is 2. The Hall–Kier alpha value is -3.15. The lowest BCUT2D eigenvalue weighted by atomic mass is 10.2. The second-order valence-corrected chi connectivity index (χ2v) is 5.11. The average Bonchev–Trinajstić information content (AvgIpc) is 2.60. The van der Waals surface area contributed by atoms with Crippen LogP contribution in [-0.4, -0.2) is 24.6 Å². The average molecular weight is 325 g/mol. The van der Waals surface area contributed by atoms with Gasteiger partial charge in [0.05, 0.1) is 13.5 Å². The Labute approximate surface area is 140 Å². The normalized spacial score (nSPS) is 10.8. The minimum atomic E-state index is -0.364. The molecule has 0 saturated carbocycles. The number of hydrazone groups is 1. The van der Waals surface area contributed by atoms with E-state index in [0.29, 0.717) is 17.0 Å². The van der Waals surface area contributed by atoms with Crippen molar-refractivity contribution < 1.29 is 14.3 Å². The number of benzene rings is 2. The van der Waals surface area contributed by atoms with Crippen LogP contribution in [0.1, 0.15) is 23.7 Å². The first kappa shape index (κ1) is 17.2. The van der Waals surface area contributed by atoms with Gasteiger partial charge in [-0.25, -0.2) is 5.43 Å². The molecule has 6 nitrogen and oxygen atoms in total. The lowest BCUT2D eigenvalue weighted by Gasteiger charge is -2.06. The second kappa shape index (κ2) is 8.47. The quantitative estimate of drug-likeness (QED) is 0.633. The van der Waals surface area contributed by atoms with Crippen molar-refractivity contribution in [3.63, 3.8) is 0 Å². The summed E-state index contributed by atoms with van der Waals surface area (Å²) in [6, 6.07) is 15.9. The first-order valence-corrected chi connectivity index (χ1v) is 7.41. The first-order chi connectivity index (χ1) is 11.6.